The molecule has 0 radical (unpaired) electrons. The Labute approximate surface area is 153 Å². The number of ether oxygens (including phenoxy) is 2. The monoisotopic (exact) mass is 362 g/mol. The van der Waals surface area contributed by atoms with Gasteiger partial charge in [0.15, 0.2) is 17.3 Å². The van der Waals surface area contributed by atoms with Crippen LogP contribution in [-0.4, -0.2) is 34.8 Å². The van der Waals surface area contributed by atoms with E-state index in [0.29, 0.717) is 28.8 Å². The highest BCUT2D eigenvalue weighted by Gasteiger charge is 2.15. The van der Waals surface area contributed by atoms with E-state index in [1.54, 1.807) is 18.0 Å². The van der Waals surface area contributed by atoms with E-state index in [9.17, 15) is 0 Å². The summed E-state index contributed by atoms with van der Waals surface area (Å²) in [5, 5.41) is 11.7. The summed E-state index contributed by atoms with van der Waals surface area (Å²) in [5.41, 5.74) is 0.839. The summed E-state index contributed by atoms with van der Waals surface area (Å²) >= 11 is 5.33. The average Bonchev–Trinajstić information content (AvgIpc) is 3.00. The lowest BCUT2D eigenvalue weighted by Crippen LogP contribution is -2.06. The lowest BCUT2D eigenvalue weighted by Gasteiger charge is -2.13. The minimum absolute atomic E-state index is 0.311. The Balaban J connectivity index is 2.40. The first kappa shape index (κ1) is 19.2. The molecule has 0 aliphatic carbocycles. The van der Waals surface area contributed by atoms with Gasteiger partial charge in [-0.2, -0.15) is 14.9 Å². The molecule has 1 heterocycles. The average molecular weight is 362 g/mol. The van der Waals surface area contributed by atoms with E-state index >= 15 is 0 Å². The molecule has 0 saturated carbocycles. The number of benzene rings is 1. The van der Waals surface area contributed by atoms with Crippen LogP contribution in [0, 0.1) is 4.77 Å². The minimum Gasteiger partial charge on any atom is -0.493 e. The van der Waals surface area contributed by atoms with Gasteiger partial charge in [-0.25, -0.2) is 0 Å². The second-order valence-corrected chi connectivity index (χ2v) is 6.07. The van der Waals surface area contributed by atoms with E-state index in [1.807, 2.05) is 18.2 Å². The second-order valence-electron chi connectivity index (χ2n) is 5.68. The summed E-state index contributed by atoms with van der Waals surface area (Å²) in [6.07, 6.45) is 4.62. The fourth-order valence-corrected chi connectivity index (χ4v) is 2.79. The van der Waals surface area contributed by atoms with Crippen molar-refractivity contribution >= 4 is 18.4 Å². The largest absolute Gasteiger partial charge is 0.493 e. The zero-order chi connectivity index (χ0) is 18.2. The van der Waals surface area contributed by atoms with Crippen molar-refractivity contribution in [1.82, 2.24) is 14.9 Å². The van der Waals surface area contributed by atoms with Gasteiger partial charge in [0.25, 0.3) is 0 Å². The summed E-state index contributed by atoms with van der Waals surface area (Å²) in [6.45, 7) is 6.96. The summed E-state index contributed by atoms with van der Waals surface area (Å²) < 4.78 is 13.4. The molecule has 2 aromatic rings. The summed E-state index contributed by atoms with van der Waals surface area (Å²) in [6, 6.07) is 5.73. The molecule has 0 amide bonds. The topological polar surface area (TPSA) is 64.4 Å². The number of aromatic nitrogens is 3. The maximum Gasteiger partial charge on any atom is 0.216 e. The summed E-state index contributed by atoms with van der Waals surface area (Å²) in [5.74, 6) is 2.54. The molecule has 0 unspecified atom stereocenters. The van der Waals surface area contributed by atoms with Crippen molar-refractivity contribution < 1.29 is 9.47 Å². The predicted molar refractivity (Wildman–Crippen MR) is 103 cm³/mol. The third-order valence-corrected chi connectivity index (χ3v) is 4.28. The fourth-order valence-electron chi connectivity index (χ4n) is 2.61. The van der Waals surface area contributed by atoms with Crippen LogP contribution in [0.15, 0.2) is 23.3 Å². The number of para-hydroxylation sites is 1. The molecule has 0 saturated heterocycles. The summed E-state index contributed by atoms with van der Waals surface area (Å²) in [7, 11) is 1.63. The first-order valence-corrected chi connectivity index (χ1v) is 9.08. The van der Waals surface area contributed by atoms with E-state index < -0.39 is 0 Å². The third kappa shape index (κ3) is 4.48. The molecule has 136 valence electrons. The Morgan fingerprint density at radius 3 is 2.72 bits per heavy atom. The van der Waals surface area contributed by atoms with Crippen molar-refractivity contribution in [3.05, 3.63) is 34.4 Å². The van der Waals surface area contributed by atoms with Crippen LogP contribution in [0.5, 0.6) is 11.5 Å². The number of aromatic amines is 1. The Hall–Kier alpha value is -2.15. The SMILES string of the molecule is CCCOc1c(/C=N\n2c(C(CC)CC)n[nH]c2=S)cccc1OC. The molecule has 0 atom stereocenters. The molecule has 25 heavy (non-hydrogen) atoms. The quantitative estimate of drug-likeness (QED) is 0.526. The second kappa shape index (κ2) is 9.36. The van der Waals surface area contributed by atoms with Crippen molar-refractivity contribution in [3.8, 4) is 11.5 Å². The Morgan fingerprint density at radius 1 is 1.32 bits per heavy atom. The first-order valence-electron chi connectivity index (χ1n) is 8.67. The predicted octanol–water partition coefficient (Wildman–Crippen LogP) is 4.52. The molecule has 1 N–H and O–H groups in total. The van der Waals surface area contributed by atoms with Gasteiger partial charge in [0.2, 0.25) is 4.77 Å². The number of nitrogens with zero attached hydrogens (tertiary/aromatic N) is 3. The zero-order valence-electron chi connectivity index (χ0n) is 15.3. The van der Waals surface area contributed by atoms with Gasteiger partial charge >= 0.3 is 0 Å². The van der Waals surface area contributed by atoms with Crippen LogP contribution in [0.25, 0.3) is 0 Å². The van der Waals surface area contributed by atoms with Crippen LogP contribution in [0.3, 0.4) is 0 Å². The van der Waals surface area contributed by atoms with Crippen molar-refractivity contribution in [2.45, 2.75) is 46.0 Å². The molecule has 6 nitrogen and oxygen atoms in total. The number of rotatable bonds is 9. The van der Waals surface area contributed by atoms with Gasteiger partial charge in [0.1, 0.15) is 0 Å². The fraction of sp³-hybridized carbons (Fsp3) is 0.500. The molecule has 2 rings (SSSR count). The van der Waals surface area contributed by atoms with Crippen LogP contribution < -0.4 is 9.47 Å². The Bertz CT molecular complexity index is 763. The Kier molecular flexibility index (Phi) is 7.18. The number of hydrogen-bond acceptors (Lipinski definition) is 5. The lowest BCUT2D eigenvalue weighted by molar-refractivity contribution is 0.294. The van der Waals surface area contributed by atoms with Gasteiger partial charge in [0, 0.05) is 11.5 Å². The van der Waals surface area contributed by atoms with E-state index in [4.69, 9.17) is 21.7 Å². The number of nitrogens with one attached hydrogen (secondary N) is 1. The van der Waals surface area contributed by atoms with Crippen LogP contribution in [0.2, 0.25) is 0 Å². The molecule has 0 bridgehead atoms. The molecule has 0 aliphatic rings. The molecule has 0 spiro atoms. The molecule has 1 aromatic carbocycles. The number of methoxy groups -OCH3 is 1. The zero-order valence-corrected chi connectivity index (χ0v) is 16.1. The van der Waals surface area contributed by atoms with Crippen molar-refractivity contribution in [1.29, 1.82) is 0 Å². The maximum atomic E-state index is 5.85. The normalized spacial score (nSPS) is 11.4. The van der Waals surface area contributed by atoms with E-state index in [2.05, 4.69) is 36.1 Å². The van der Waals surface area contributed by atoms with Crippen LogP contribution in [-0.2, 0) is 0 Å². The molecular weight excluding hydrogens is 336 g/mol. The highest BCUT2D eigenvalue weighted by Crippen LogP contribution is 2.30. The Morgan fingerprint density at radius 2 is 2.08 bits per heavy atom. The van der Waals surface area contributed by atoms with Crippen molar-refractivity contribution in [2.75, 3.05) is 13.7 Å². The minimum atomic E-state index is 0.311. The molecule has 0 fully saturated rings. The lowest BCUT2D eigenvalue weighted by atomic mass is 10.0. The van der Waals surface area contributed by atoms with Crippen molar-refractivity contribution in [3.63, 3.8) is 0 Å². The smallest absolute Gasteiger partial charge is 0.216 e. The van der Waals surface area contributed by atoms with Gasteiger partial charge in [-0.1, -0.05) is 26.8 Å². The highest BCUT2D eigenvalue weighted by molar-refractivity contribution is 7.71. The van der Waals surface area contributed by atoms with E-state index in [-0.39, 0.29) is 0 Å². The third-order valence-electron chi connectivity index (χ3n) is 4.02. The van der Waals surface area contributed by atoms with Crippen LogP contribution in [0.1, 0.15) is 57.3 Å². The number of H-pyrrole nitrogens is 1. The van der Waals surface area contributed by atoms with Gasteiger partial charge in [-0.05, 0) is 43.6 Å². The van der Waals surface area contributed by atoms with Crippen LogP contribution in [0.4, 0.5) is 0 Å². The molecule has 0 aliphatic heterocycles. The standard InChI is InChI=1S/C18H26N4O2S/c1-5-11-24-16-14(9-8-10-15(16)23-4)12-19-22-17(13(6-2)7-3)20-21-18(22)25/h8-10,12-13H,5-7,11H2,1-4H3,(H,21,25)/b19-12-. The van der Waals surface area contributed by atoms with Crippen molar-refractivity contribution in [2.24, 2.45) is 5.10 Å². The van der Waals surface area contributed by atoms with Gasteiger partial charge < -0.3 is 9.47 Å². The molecule has 1 aromatic heterocycles. The highest BCUT2D eigenvalue weighted by atomic mass is 32.1. The van der Waals surface area contributed by atoms with Gasteiger partial charge in [-0.15, -0.1) is 0 Å². The first-order chi connectivity index (χ1) is 12.2. The van der Waals surface area contributed by atoms with Gasteiger partial charge in [-0.3, -0.25) is 5.10 Å². The van der Waals surface area contributed by atoms with Gasteiger partial charge in [0.05, 0.1) is 19.9 Å². The molecule has 7 heteroatoms. The summed E-state index contributed by atoms with van der Waals surface area (Å²) in [4.78, 5) is 0. The molecular formula is C18H26N4O2S. The maximum absolute atomic E-state index is 5.85. The number of hydrogen-bond donors (Lipinski definition) is 1. The van der Waals surface area contributed by atoms with Crippen LogP contribution >= 0.6 is 12.2 Å². The van der Waals surface area contributed by atoms with E-state index in [0.717, 1.165) is 30.7 Å². The van der Waals surface area contributed by atoms with E-state index in [1.165, 1.54) is 0 Å².